The highest BCUT2D eigenvalue weighted by molar-refractivity contribution is 5.93. The molecule has 4 aromatic rings. The van der Waals surface area contributed by atoms with Crippen LogP contribution >= 0.6 is 0 Å². The number of rotatable bonds is 5. The Labute approximate surface area is 142 Å². The van der Waals surface area contributed by atoms with Gasteiger partial charge in [-0.1, -0.05) is 17.3 Å². The second-order valence-electron chi connectivity index (χ2n) is 5.63. The van der Waals surface area contributed by atoms with Gasteiger partial charge in [-0.15, -0.1) is 0 Å². The van der Waals surface area contributed by atoms with Gasteiger partial charge >= 0.3 is 0 Å². The lowest BCUT2D eigenvalue weighted by Gasteiger charge is -2.07. The van der Waals surface area contributed by atoms with Crippen LogP contribution in [0.2, 0.25) is 0 Å². The van der Waals surface area contributed by atoms with Crippen molar-refractivity contribution in [3.8, 4) is 0 Å². The van der Waals surface area contributed by atoms with Crippen LogP contribution in [0.3, 0.4) is 0 Å². The molecule has 0 aliphatic heterocycles. The van der Waals surface area contributed by atoms with Crippen molar-refractivity contribution in [2.24, 2.45) is 0 Å². The number of nitrogens with one attached hydrogen (secondary N) is 2. The summed E-state index contributed by atoms with van der Waals surface area (Å²) < 4.78 is 10.1. The van der Waals surface area contributed by atoms with E-state index in [-0.39, 0.29) is 5.91 Å². The molecule has 126 valence electrons. The van der Waals surface area contributed by atoms with Crippen molar-refractivity contribution in [3.63, 3.8) is 0 Å². The summed E-state index contributed by atoms with van der Waals surface area (Å²) in [4.78, 5) is 24.1. The Morgan fingerprint density at radius 2 is 2.16 bits per heavy atom. The Kier molecular flexibility index (Phi) is 3.77. The van der Waals surface area contributed by atoms with Crippen LogP contribution in [0, 0.1) is 0 Å². The normalized spacial score (nSPS) is 12.4. The Morgan fingerprint density at radius 1 is 1.28 bits per heavy atom. The second kappa shape index (κ2) is 6.23. The first-order valence-electron chi connectivity index (χ1n) is 7.78. The highest BCUT2D eigenvalue weighted by atomic mass is 16.5. The zero-order valence-corrected chi connectivity index (χ0v) is 13.4. The number of amides is 1. The Hall–Kier alpha value is -3.42. The van der Waals surface area contributed by atoms with E-state index in [2.05, 4.69) is 25.4 Å². The van der Waals surface area contributed by atoms with Gasteiger partial charge in [0.25, 0.3) is 5.91 Å². The second-order valence-corrected chi connectivity index (χ2v) is 5.63. The van der Waals surface area contributed by atoms with Crippen LogP contribution in [0.5, 0.6) is 0 Å². The quantitative estimate of drug-likeness (QED) is 0.579. The summed E-state index contributed by atoms with van der Waals surface area (Å²) in [6.45, 7) is 1.77. The van der Waals surface area contributed by atoms with E-state index < -0.39 is 6.04 Å². The number of furan rings is 1. The van der Waals surface area contributed by atoms with E-state index in [9.17, 15) is 4.79 Å². The molecule has 2 N–H and O–H groups in total. The fourth-order valence-corrected chi connectivity index (χ4v) is 2.49. The van der Waals surface area contributed by atoms with Gasteiger partial charge in [-0.3, -0.25) is 4.79 Å². The van der Waals surface area contributed by atoms with E-state index >= 15 is 0 Å². The first-order valence-corrected chi connectivity index (χ1v) is 7.78. The summed E-state index contributed by atoms with van der Waals surface area (Å²) in [6.07, 6.45) is 3.24. The van der Waals surface area contributed by atoms with Crippen molar-refractivity contribution in [2.45, 2.75) is 19.4 Å². The number of H-pyrrole nitrogens is 1. The molecule has 1 atom stereocenters. The number of aromatic amines is 1. The maximum absolute atomic E-state index is 12.0. The summed E-state index contributed by atoms with van der Waals surface area (Å²) in [6, 6.07) is 8.94. The van der Waals surface area contributed by atoms with Crippen molar-refractivity contribution in [1.82, 2.24) is 25.4 Å². The standard InChI is InChI=1S/C17H15N5O3/c1-10(18-16(23)11-6-7-24-9-11)17-21-15(22-25-17)8-14-19-12-4-2-3-5-13(12)20-14/h2-7,9-10H,8H2,1H3,(H,18,23)(H,19,20). The smallest absolute Gasteiger partial charge is 0.255 e. The lowest BCUT2D eigenvalue weighted by molar-refractivity contribution is 0.0932. The monoisotopic (exact) mass is 337 g/mol. The van der Waals surface area contributed by atoms with Crippen LogP contribution in [0.15, 0.2) is 51.8 Å². The molecule has 4 rings (SSSR count). The van der Waals surface area contributed by atoms with Crippen molar-refractivity contribution in [3.05, 3.63) is 66.0 Å². The molecule has 0 saturated carbocycles. The van der Waals surface area contributed by atoms with Gasteiger partial charge in [0.15, 0.2) is 5.82 Å². The minimum absolute atomic E-state index is 0.265. The molecule has 0 aliphatic carbocycles. The maximum atomic E-state index is 12.0. The Morgan fingerprint density at radius 3 is 2.96 bits per heavy atom. The third-order valence-corrected chi connectivity index (χ3v) is 3.75. The lowest BCUT2D eigenvalue weighted by atomic mass is 10.2. The summed E-state index contributed by atoms with van der Waals surface area (Å²) in [5.74, 6) is 1.32. The van der Waals surface area contributed by atoms with Gasteiger partial charge in [0.05, 0.1) is 29.3 Å². The van der Waals surface area contributed by atoms with E-state index in [0.29, 0.717) is 23.7 Å². The highest BCUT2D eigenvalue weighted by Gasteiger charge is 2.18. The molecule has 8 heteroatoms. The van der Waals surface area contributed by atoms with Gasteiger partial charge in [0.2, 0.25) is 5.89 Å². The van der Waals surface area contributed by atoms with Gasteiger partial charge in [0, 0.05) is 0 Å². The first-order chi connectivity index (χ1) is 12.2. The molecule has 0 spiro atoms. The predicted molar refractivity (Wildman–Crippen MR) is 87.8 cm³/mol. The molecule has 0 saturated heterocycles. The summed E-state index contributed by atoms with van der Waals surface area (Å²) in [5.41, 5.74) is 2.29. The fourth-order valence-electron chi connectivity index (χ4n) is 2.49. The number of nitrogens with zero attached hydrogens (tertiary/aromatic N) is 3. The van der Waals surface area contributed by atoms with Gasteiger partial charge in [-0.05, 0) is 25.1 Å². The van der Waals surface area contributed by atoms with E-state index in [4.69, 9.17) is 8.94 Å². The number of aromatic nitrogens is 4. The number of carbonyl (C=O) groups excluding carboxylic acids is 1. The molecule has 8 nitrogen and oxygen atoms in total. The van der Waals surface area contributed by atoms with Crippen molar-refractivity contribution in [1.29, 1.82) is 0 Å². The molecular formula is C17H15N5O3. The predicted octanol–water partition coefficient (Wildman–Crippen LogP) is 2.62. The van der Waals surface area contributed by atoms with Crippen LogP contribution in [0.4, 0.5) is 0 Å². The average molecular weight is 337 g/mol. The number of imidazole rings is 1. The third kappa shape index (κ3) is 3.14. The van der Waals surface area contributed by atoms with E-state index in [1.165, 1.54) is 12.5 Å². The van der Waals surface area contributed by atoms with E-state index in [1.54, 1.807) is 13.0 Å². The first kappa shape index (κ1) is 15.1. The molecule has 0 radical (unpaired) electrons. The molecular weight excluding hydrogens is 322 g/mol. The van der Waals surface area contributed by atoms with Crippen molar-refractivity contribution < 1.29 is 13.7 Å². The topological polar surface area (TPSA) is 110 Å². The lowest BCUT2D eigenvalue weighted by Crippen LogP contribution is -2.26. The fraction of sp³-hybridized carbons (Fsp3) is 0.176. The molecule has 1 aromatic carbocycles. The van der Waals surface area contributed by atoms with Gasteiger partial charge in [0.1, 0.15) is 18.1 Å². The number of hydrogen-bond acceptors (Lipinski definition) is 6. The van der Waals surface area contributed by atoms with Gasteiger partial charge in [-0.25, -0.2) is 4.98 Å². The summed E-state index contributed by atoms with van der Waals surface area (Å²) in [7, 11) is 0. The number of fused-ring (bicyclic) bond motifs is 1. The van der Waals surface area contributed by atoms with Crippen LogP contribution in [-0.2, 0) is 6.42 Å². The van der Waals surface area contributed by atoms with Crippen LogP contribution in [0.1, 0.15) is 40.9 Å². The molecule has 0 fully saturated rings. The van der Waals surface area contributed by atoms with Crippen molar-refractivity contribution >= 4 is 16.9 Å². The summed E-state index contributed by atoms with van der Waals surface area (Å²) in [5, 5.41) is 6.74. The zero-order valence-electron chi connectivity index (χ0n) is 13.4. The molecule has 25 heavy (non-hydrogen) atoms. The highest BCUT2D eigenvalue weighted by Crippen LogP contribution is 2.15. The molecule has 3 aromatic heterocycles. The van der Waals surface area contributed by atoms with Crippen LogP contribution < -0.4 is 5.32 Å². The number of carbonyl (C=O) groups is 1. The number of hydrogen-bond donors (Lipinski definition) is 2. The molecule has 1 amide bonds. The average Bonchev–Trinajstić information content (AvgIpc) is 3.35. The van der Waals surface area contributed by atoms with Crippen molar-refractivity contribution in [2.75, 3.05) is 0 Å². The number of para-hydroxylation sites is 2. The SMILES string of the molecule is CC(NC(=O)c1ccoc1)c1nc(Cc2nc3ccccc3[nH]2)no1. The van der Waals surface area contributed by atoms with Crippen LogP contribution in [0.25, 0.3) is 11.0 Å². The minimum Gasteiger partial charge on any atom is -0.472 e. The Balaban J connectivity index is 1.45. The van der Waals surface area contributed by atoms with E-state index in [0.717, 1.165) is 16.9 Å². The largest absolute Gasteiger partial charge is 0.472 e. The maximum Gasteiger partial charge on any atom is 0.255 e. The number of benzene rings is 1. The van der Waals surface area contributed by atoms with Crippen LogP contribution in [-0.4, -0.2) is 26.0 Å². The summed E-state index contributed by atoms with van der Waals surface area (Å²) >= 11 is 0. The van der Waals surface area contributed by atoms with Gasteiger partial charge < -0.3 is 19.2 Å². The Bertz CT molecular complexity index is 969. The molecule has 0 bridgehead atoms. The molecule has 1 unspecified atom stereocenters. The molecule has 3 heterocycles. The van der Waals surface area contributed by atoms with E-state index in [1.807, 2.05) is 24.3 Å². The van der Waals surface area contributed by atoms with Gasteiger partial charge in [-0.2, -0.15) is 4.98 Å². The third-order valence-electron chi connectivity index (χ3n) is 3.75. The molecule has 0 aliphatic rings. The zero-order chi connectivity index (χ0) is 17.2. The minimum atomic E-state index is -0.417.